The van der Waals surface area contributed by atoms with Crippen molar-refractivity contribution in [2.45, 2.75) is 82.7 Å². The molecule has 1 aliphatic rings. The van der Waals surface area contributed by atoms with Gasteiger partial charge in [-0.3, -0.25) is 0 Å². The molecule has 0 unspecified atom stereocenters. The predicted octanol–water partition coefficient (Wildman–Crippen LogP) is 5.25. The molecule has 0 nitrogen and oxygen atoms in total. The van der Waals surface area contributed by atoms with Gasteiger partial charge in [0.2, 0.25) is 5.92 Å². The van der Waals surface area contributed by atoms with Crippen LogP contribution in [0, 0.1) is 0 Å². The minimum Gasteiger partial charge on any atom is -0.207 e. The molecule has 1 fully saturated rings. The molecular formula is C13H25F2P. The highest BCUT2D eigenvalue weighted by Crippen LogP contribution is 2.74. The highest BCUT2D eigenvalue weighted by Gasteiger charge is 2.57. The van der Waals surface area contributed by atoms with E-state index >= 15 is 0 Å². The summed E-state index contributed by atoms with van der Waals surface area (Å²) in [6, 6.07) is 0. The fourth-order valence-corrected chi connectivity index (χ4v) is 10.2. The van der Waals surface area contributed by atoms with E-state index in [4.69, 9.17) is 0 Å². The van der Waals surface area contributed by atoms with E-state index in [1.54, 1.807) is 0 Å². The summed E-state index contributed by atoms with van der Waals surface area (Å²) in [6.07, 6.45) is 0.0960. The fraction of sp³-hybridized carbons (Fsp3) is 1.00. The van der Waals surface area contributed by atoms with Crippen LogP contribution < -0.4 is 0 Å². The van der Waals surface area contributed by atoms with Gasteiger partial charge in [-0.25, -0.2) is 8.78 Å². The number of hydrogen-bond acceptors (Lipinski definition) is 0. The van der Waals surface area contributed by atoms with Crippen molar-refractivity contribution < 1.29 is 8.78 Å². The normalized spacial score (nSPS) is 29.1. The summed E-state index contributed by atoms with van der Waals surface area (Å²) in [4.78, 5) is 0. The lowest BCUT2D eigenvalue weighted by Crippen LogP contribution is -2.49. The summed E-state index contributed by atoms with van der Waals surface area (Å²) in [7, 11) is -0.438. The van der Waals surface area contributed by atoms with Gasteiger partial charge in [-0.1, -0.05) is 56.4 Å². The fourth-order valence-electron chi connectivity index (χ4n) is 4.12. The van der Waals surface area contributed by atoms with Gasteiger partial charge in [-0.05, 0) is 15.5 Å². The molecule has 16 heavy (non-hydrogen) atoms. The largest absolute Gasteiger partial charge is 0.249 e. The first kappa shape index (κ1) is 14.4. The maximum Gasteiger partial charge on any atom is 0.249 e. The van der Waals surface area contributed by atoms with E-state index in [9.17, 15) is 8.78 Å². The summed E-state index contributed by atoms with van der Waals surface area (Å²) < 4.78 is 27.5. The van der Waals surface area contributed by atoms with E-state index in [0.717, 1.165) is 0 Å². The smallest absolute Gasteiger partial charge is 0.207 e. The summed E-state index contributed by atoms with van der Waals surface area (Å²) >= 11 is 0. The van der Waals surface area contributed by atoms with Crippen LogP contribution in [-0.4, -0.2) is 21.4 Å². The van der Waals surface area contributed by atoms with Gasteiger partial charge in [0.25, 0.3) is 0 Å². The summed E-state index contributed by atoms with van der Waals surface area (Å²) in [5.74, 6) is -2.49. The van der Waals surface area contributed by atoms with Gasteiger partial charge >= 0.3 is 0 Å². The van der Waals surface area contributed by atoms with Gasteiger partial charge in [0.1, 0.15) is 0 Å². The standard InChI is InChI=1S/C13H25F2P/c1-10(2,3)16-11(4,5)8-13(14,15)9-12(16,6)7/h8-9H2,1-7H3. The second-order valence-corrected chi connectivity index (χ2v) is 11.8. The molecular weight excluding hydrogens is 225 g/mol. The Bertz CT molecular complexity index is 254. The number of hydrogen-bond donors (Lipinski definition) is 0. The number of rotatable bonds is 0. The van der Waals surface area contributed by atoms with Crippen LogP contribution in [0.3, 0.4) is 0 Å². The van der Waals surface area contributed by atoms with E-state index < -0.39 is 13.8 Å². The van der Waals surface area contributed by atoms with Crippen LogP contribution in [0.4, 0.5) is 8.78 Å². The van der Waals surface area contributed by atoms with Crippen LogP contribution in [0.5, 0.6) is 0 Å². The molecule has 0 aromatic carbocycles. The Labute approximate surface area is 99.9 Å². The maximum absolute atomic E-state index is 13.8. The molecule has 0 atom stereocenters. The van der Waals surface area contributed by atoms with Gasteiger partial charge in [0.05, 0.1) is 0 Å². The Morgan fingerprint density at radius 1 is 0.875 bits per heavy atom. The van der Waals surface area contributed by atoms with Crippen molar-refractivity contribution in [3.8, 4) is 0 Å². The van der Waals surface area contributed by atoms with Crippen LogP contribution in [0.2, 0.25) is 0 Å². The van der Waals surface area contributed by atoms with Crippen LogP contribution in [0.25, 0.3) is 0 Å². The van der Waals surface area contributed by atoms with Crippen molar-refractivity contribution in [1.82, 2.24) is 0 Å². The molecule has 0 amide bonds. The van der Waals surface area contributed by atoms with E-state index in [2.05, 4.69) is 20.8 Å². The Hall–Kier alpha value is 0.290. The zero-order valence-corrected chi connectivity index (χ0v) is 12.5. The molecule has 0 aromatic heterocycles. The number of alkyl halides is 2. The summed E-state index contributed by atoms with van der Waals surface area (Å²) in [5, 5.41) is -0.337. The third-order valence-corrected chi connectivity index (χ3v) is 7.34. The molecule has 1 saturated heterocycles. The van der Waals surface area contributed by atoms with Gasteiger partial charge < -0.3 is 0 Å². The van der Waals surface area contributed by atoms with Crippen molar-refractivity contribution in [2.75, 3.05) is 0 Å². The van der Waals surface area contributed by atoms with Crippen LogP contribution >= 0.6 is 7.92 Å². The molecule has 0 saturated carbocycles. The van der Waals surface area contributed by atoms with E-state index in [1.165, 1.54) is 0 Å². The molecule has 1 rings (SSSR count). The molecule has 0 N–H and O–H groups in total. The lowest BCUT2D eigenvalue weighted by atomic mass is 9.94. The molecule has 0 radical (unpaired) electrons. The Morgan fingerprint density at radius 3 is 1.44 bits per heavy atom. The first-order valence-corrected chi connectivity index (χ1v) is 7.30. The zero-order chi connectivity index (χ0) is 13.0. The Kier molecular flexibility index (Phi) is 3.26. The Balaban J connectivity index is 3.17. The van der Waals surface area contributed by atoms with E-state index in [1.807, 2.05) is 27.7 Å². The molecule has 1 heterocycles. The highest BCUT2D eigenvalue weighted by atomic mass is 31.1. The Morgan fingerprint density at radius 2 is 1.19 bits per heavy atom. The zero-order valence-electron chi connectivity index (χ0n) is 11.6. The molecule has 0 aromatic rings. The van der Waals surface area contributed by atoms with Crippen LogP contribution in [-0.2, 0) is 0 Å². The van der Waals surface area contributed by atoms with Gasteiger partial charge in [-0.2, -0.15) is 0 Å². The first-order chi connectivity index (χ1) is 6.78. The van der Waals surface area contributed by atoms with Crippen molar-refractivity contribution >= 4 is 7.92 Å². The average Bonchev–Trinajstić information content (AvgIpc) is 1.67. The lowest BCUT2D eigenvalue weighted by molar-refractivity contribution is -0.0381. The summed E-state index contributed by atoms with van der Waals surface area (Å²) in [6.45, 7) is 14.7. The summed E-state index contributed by atoms with van der Waals surface area (Å²) in [5.41, 5.74) is 0. The molecule has 0 bridgehead atoms. The molecule has 0 spiro atoms. The first-order valence-electron chi connectivity index (χ1n) is 5.96. The highest BCUT2D eigenvalue weighted by molar-refractivity contribution is 7.62. The second-order valence-electron chi connectivity index (χ2n) is 7.34. The van der Waals surface area contributed by atoms with Crippen LogP contribution in [0.1, 0.15) is 61.3 Å². The number of halogens is 2. The van der Waals surface area contributed by atoms with Gasteiger partial charge in [0.15, 0.2) is 0 Å². The molecule has 1 aliphatic heterocycles. The predicted molar refractivity (Wildman–Crippen MR) is 69.0 cm³/mol. The van der Waals surface area contributed by atoms with E-state index in [0.29, 0.717) is 0 Å². The third-order valence-electron chi connectivity index (χ3n) is 3.26. The quantitative estimate of drug-likeness (QED) is 0.515. The monoisotopic (exact) mass is 250 g/mol. The molecule has 0 aliphatic carbocycles. The average molecular weight is 250 g/mol. The van der Waals surface area contributed by atoms with Gasteiger partial charge in [0, 0.05) is 12.8 Å². The maximum atomic E-state index is 13.8. The topological polar surface area (TPSA) is 0 Å². The van der Waals surface area contributed by atoms with Crippen molar-refractivity contribution in [3.05, 3.63) is 0 Å². The van der Waals surface area contributed by atoms with E-state index in [-0.39, 0.29) is 28.3 Å². The second kappa shape index (κ2) is 3.64. The molecule has 3 heteroatoms. The van der Waals surface area contributed by atoms with Crippen molar-refractivity contribution in [2.24, 2.45) is 0 Å². The van der Waals surface area contributed by atoms with Crippen LogP contribution in [0.15, 0.2) is 0 Å². The lowest BCUT2D eigenvalue weighted by Gasteiger charge is -2.57. The third kappa shape index (κ3) is 2.75. The minimum absolute atomic E-state index is 0.0480. The molecule has 96 valence electrons. The minimum atomic E-state index is -2.49. The van der Waals surface area contributed by atoms with Gasteiger partial charge in [-0.15, -0.1) is 0 Å². The van der Waals surface area contributed by atoms with Crippen molar-refractivity contribution in [3.63, 3.8) is 0 Å². The SMILES string of the molecule is CC(C)(C)P1C(C)(C)CC(F)(F)CC1(C)C. The van der Waals surface area contributed by atoms with Crippen molar-refractivity contribution in [1.29, 1.82) is 0 Å².